The number of hydrogen-bond donors (Lipinski definition) is 0. The van der Waals surface area contributed by atoms with E-state index in [1.54, 1.807) is 0 Å². The zero-order chi connectivity index (χ0) is 21.2. The SMILES string of the molecule is Cc1ccc([C@H]2C[C@@H]3CC[C@H]([C@H]2COC(c2ccccc2)c2ccccc2)N3C)cc1. The molecular formula is C29H33NO. The van der Waals surface area contributed by atoms with Crippen molar-refractivity contribution in [3.05, 3.63) is 107 Å². The first kappa shape index (κ1) is 20.5. The van der Waals surface area contributed by atoms with Gasteiger partial charge in [-0.1, -0.05) is 90.5 Å². The van der Waals surface area contributed by atoms with Crippen LogP contribution in [0.3, 0.4) is 0 Å². The molecule has 0 amide bonds. The number of fused-ring (bicyclic) bond motifs is 2. The molecule has 0 unspecified atom stereocenters. The molecule has 2 aliphatic rings. The van der Waals surface area contributed by atoms with Gasteiger partial charge in [-0.3, -0.25) is 0 Å². The Morgan fingerprint density at radius 2 is 1.45 bits per heavy atom. The van der Waals surface area contributed by atoms with Crippen molar-refractivity contribution in [2.45, 2.75) is 50.3 Å². The summed E-state index contributed by atoms with van der Waals surface area (Å²) in [5, 5.41) is 0. The van der Waals surface area contributed by atoms with Crippen LogP contribution in [0.5, 0.6) is 0 Å². The van der Waals surface area contributed by atoms with E-state index in [9.17, 15) is 0 Å². The van der Waals surface area contributed by atoms with E-state index < -0.39 is 0 Å². The van der Waals surface area contributed by atoms with Gasteiger partial charge in [0, 0.05) is 18.0 Å². The van der Waals surface area contributed by atoms with Gasteiger partial charge in [0.25, 0.3) is 0 Å². The van der Waals surface area contributed by atoms with Crippen LogP contribution in [0.1, 0.15) is 53.5 Å². The first-order valence-electron chi connectivity index (χ1n) is 11.7. The maximum absolute atomic E-state index is 6.80. The van der Waals surface area contributed by atoms with Crippen molar-refractivity contribution in [2.24, 2.45) is 5.92 Å². The molecule has 31 heavy (non-hydrogen) atoms. The molecule has 0 saturated carbocycles. The van der Waals surface area contributed by atoms with Crippen molar-refractivity contribution in [2.75, 3.05) is 13.7 Å². The molecule has 2 nitrogen and oxygen atoms in total. The molecule has 2 aliphatic heterocycles. The minimum absolute atomic E-state index is 0.0227. The molecule has 2 fully saturated rings. The third kappa shape index (κ3) is 4.20. The summed E-state index contributed by atoms with van der Waals surface area (Å²) in [5.74, 6) is 1.09. The zero-order valence-electron chi connectivity index (χ0n) is 18.7. The highest BCUT2D eigenvalue weighted by Gasteiger charge is 2.46. The van der Waals surface area contributed by atoms with E-state index >= 15 is 0 Å². The summed E-state index contributed by atoms with van der Waals surface area (Å²) in [6, 6.07) is 31.9. The fraction of sp³-hybridized carbons (Fsp3) is 0.379. The second-order valence-corrected chi connectivity index (χ2v) is 9.42. The standard InChI is InChI=1S/C29H33NO/c1-21-13-15-22(16-14-21)26-19-25-17-18-28(30(25)2)27(26)20-31-29(23-9-5-3-6-10-23)24-11-7-4-8-12-24/h3-16,25-29H,17-20H2,1-2H3/t25-,26+,27-,28+/m0/s1. The van der Waals surface area contributed by atoms with Gasteiger partial charge in [0.05, 0.1) is 6.61 Å². The third-order valence-corrected chi connectivity index (χ3v) is 7.60. The normalized spacial score (nSPS) is 25.8. The molecule has 0 aliphatic carbocycles. The molecular weight excluding hydrogens is 378 g/mol. The van der Waals surface area contributed by atoms with Crippen molar-refractivity contribution in [1.82, 2.24) is 4.90 Å². The summed E-state index contributed by atoms with van der Waals surface area (Å²) in [5.41, 5.74) is 5.28. The summed E-state index contributed by atoms with van der Waals surface area (Å²) in [4.78, 5) is 2.64. The molecule has 0 radical (unpaired) electrons. The lowest BCUT2D eigenvalue weighted by atomic mass is 9.76. The van der Waals surface area contributed by atoms with Gasteiger partial charge >= 0.3 is 0 Å². The molecule has 5 rings (SSSR count). The van der Waals surface area contributed by atoms with Crippen LogP contribution < -0.4 is 0 Å². The molecule has 2 saturated heterocycles. The largest absolute Gasteiger partial charge is 0.368 e. The Kier molecular flexibility index (Phi) is 5.93. The molecule has 2 bridgehead atoms. The third-order valence-electron chi connectivity index (χ3n) is 7.60. The summed E-state index contributed by atoms with van der Waals surface area (Å²) < 4.78 is 6.80. The molecule has 3 aromatic rings. The Labute approximate surface area is 186 Å². The van der Waals surface area contributed by atoms with Crippen LogP contribution in [0.4, 0.5) is 0 Å². The van der Waals surface area contributed by atoms with Gasteiger partial charge in [0.1, 0.15) is 6.10 Å². The van der Waals surface area contributed by atoms with E-state index in [1.165, 1.54) is 41.5 Å². The lowest BCUT2D eigenvalue weighted by Crippen LogP contribution is -2.47. The second kappa shape index (κ2) is 8.98. The van der Waals surface area contributed by atoms with Crippen LogP contribution in [0, 0.1) is 12.8 Å². The van der Waals surface area contributed by atoms with Crippen LogP contribution in [0.2, 0.25) is 0 Å². The fourth-order valence-corrected chi connectivity index (χ4v) is 5.85. The van der Waals surface area contributed by atoms with Crippen LogP contribution in [0.25, 0.3) is 0 Å². The van der Waals surface area contributed by atoms with Gasteiger partial charge in [-0.2, -0.15) is 0 Å². The number of aryl methyl sites for hydroxylation is 1. The monoisotopic (exact) mass is 411 g/mol. The molecule has 3 aromatic carbocycles. The molecule has 4 atom stereocenters. The number of nitrogens with zero attached hydrogens (tertiary/aromatic N) is 1. The van der Waals surface area contributed by atoms with Crippen LogP contribution in [0.15, 0.2) is 84.9 Å². The Morgan fingerprint density at radius 1 is 0.839 bits per heavy atom. The fourth-order valence-electron chi connectivity index (χ4n) is 5.85. The molecule has 160 valence electrons. The Bertz CT molecular complexity index is 929. The van der Waals surface area contributed by atoms with Gasteiger partial charge < -0.3 is 9.64 Å². The molecule has 0 spiro atoms. The second-order valence-electron chi connectivity index (χ2n) is 9.42. The number of hydrogen-bond acceptors (Lipinski definition) is 2. The van der Waals surface area contributed by atoms with Gasteiger partial charge in [-0.25, -0.2) is 0 Å². The van der Waals surface area contributed by atoms with Gasteiger partial charge in [0.2, 0.25) is 0 Å². The highest BCUT2D eigenvalue weighted by molar-refractivity contribution is 5.30. The average molecular weight is 412 g/mol. The van der Waals surface area contributed by atoms with Gasteiger partial charge in [0.15, 0.2) is 0 Å². The van der Waals surface area contributed by atoms with Crippen molar-refractivity contribution in [3.63, 3.8) is 0 Å². The Hall–Kier alpha value is -2.42. The lowest BCUT2D eigenvalue weighted by molar-refractivity contribution is -0.00336. The van der Waals surface area contributed by atoms with Crippen molar-refractivity contribution in [1.29, 1.82) is 0 Å². The number of piperidine rings is 1. The minimum atomic E-state index is -0.0227. The lowest BCUT2D eigenvalue weighted by Gasteiger charge is -2.43. The van der Waals surface area contributed by atoms with E-state index in [2.05, 4.69) is 104 Å². The highest BCUT2D eigenvalue weighted by atomic mass is 16.5. The topological polar surface area (TPSA) is 12.5 Å². The number of benzene rings is 3. The maximum Gasteiger partial charge on any atom is 0.108 e. The van der Waals surface area contributed by atoms with E-state index in [0.717, 1.165) is 6.61 Å². The first-order valence-corrected chi connectivity index (χ1v) is 11.7. The molecule has 0 N–H and O–H groups in total. The summed E-state index contributed by atoms with van der Waals surface area (Å²) in [6.45, 7) is 2.96. The summed E-state index contributed by atoms with van der Waals surface area (Å²) in [6.07, 6.45) is 3.83. The number of ether oxygens (including phenoxy) is 1. The van der Waals surface area contributed by atoms with Crippen LogP contribution in [-0.2, 0) is 4.74 Å². The van der Waals surface area contributed by atoms with Crippen LogP contribution >= 0.6 is 0 Å². The maximum atomic E-state index is 6.80. The molecule has 2 heteroatoms. The smallest absolute Gasteiger partial charge is 0.108 e. The number of rotatable bonds is 6. The predicted molar refractivity (Wildman–Crippen MR) is 127 cm³/mol. The minimum Gasteiger partial charge on any atom is -0.368 e. The van der Waals surface area contributed by atoms with Gasteiger partial charge in [-0.15, -0.1) is 0 Å². The summed E-state index contributed by atoms with van der Waals surface area (Å²) in [7, 11) is 2.33. The van der Waals surface area contributed by atoms with Crippen molar-refractivity contribution in [3.8, 4) is 0 Å². The molecule has 2 heterocycles. The Morgan fingerprint density at radius 3 is 2.06 bits per heavy atom. The average Bonchev–Trinajstić information content (AvgIpc) is 3.05. The van der Waals surface area contributed by atoms with Crippen molar-refractivity contribution >= 4 is 0 Å². The van der Waals surface area contributed by atoms with E-state index in [0.29, 0.717) is 23.9 Å². The van der Waals surface area contributed by atoms with Crippen LogP contribution in [-0.4, -0.2) is 30.6 Å². The van der Waals surface area contributed by atoms with E-state index in [1.807, 2.05) is 0 Å². The highest BCUT2D eigenvalue weighted by Crippen LogP contribution is 2.47. The molecule has 0 aromatic heterocycles. The van der Waals surface area contributed by atoms with Gasteiger partial charge in [-0.05, 0) is 55.8 Å². The first-order chi connectivity index (χ1) is 15.2. The Balaban J connectivity index is 1.43. The predicted octanol–water partition coefficient (Wildman–Crippen LogP) is 6.37. The van der Waals surface area contributed by atoms with E-state index in [-0.39, 0.29) is 6.10 Å². The van der Waals surface area contributed by atoms with Crippen molar-refractivity contribution < 1.29 is 4.74 Å². The summed E-state index contributed by atoms with van der Waals surface area (Å²) >= 11 is 0. The zero-order valence-corrected chi connectivity index (χ0v) is 18.7. The quantitative estimate of drug-likeness (QED) is 0.467. The van der Waals surface area contributed by atoms with E-state index in [4.69, 9.17) is 4.74 Å².